The lowest BCUT2D eigenvalue weighted by Crippen LogP contribution is -2.33. The summed E-state index contributed by atoms with van der Waals surface area (Å²) >= 11 is 0. The van der Waals surface area contributed by atoms with E-state index in [0.717, 1.165) is 66.2 Å². The molecule has 2 aromatic carbocycles. The van der Waals surface area contributed by atoms with Gasteiger partial charge in [0.2, 0.25) is 0 Å². The van der Waals surface area contributed by atoms with Crippen molar-refractivity contribution in [1.82, 2.24) is 5.16 Å². The fraction of sp³-hybridized carbons (Fsp3) is 0.409. The molecular weight excluding hydrogens is 340 g/mol. The minimum Gasteiger partial charge on any atom is -0.491 e. The smallest absolute Gasteiger partial charge is 0.184 e. The van der Waals surface area contributed by atoms with Gasteiger partial charge in [0.15, 0.2) is 17.1 Å². The van der Waals surface area contributed by atoms with Gasteiger partial charge < -0.3 is 18.9 Å². The zero-order valence-electron chi connectivity index (χ0n) is 16.0. The number of ether oxygens (including phenoxy) is 2. The van der Waals surface area contributed by atoms with Gasteiger partial charge >= 0.3 is 0 Å². The summed E-state index contributed by atoms with van der Waals surface area (Å²) in [5, 5.41) is 5.50. The van der Waals surface area contributed by atoms with Gasteiger partial charge in [0.1, 0.15) is 0 Å². The molecule has 0 unspecified atom stereocenters. The largest absolute Gasteiger partial charge is 0.491 e. The van der Waals surface area contributed by atoms with E-state index in [1.165, 1.54) is 0 Å². The van der Waals surface area contributed by atoms with Crippen LogP contribution in [0.15, 0.2) is 47.0 Å². The van der Waals surface area contributed by atoms with Crippen LogP contribution < -0.4 is 14.4 Å². The van der Waals surface area contributed by atoms with Crippen molar-refractivity contribution in [1.29, 1.82) is 0 Å². The molecule has 0 N–H and O–H groups in total. The van der Waals surface area contributed by atoms with Gasteiger partial charge in [-0.2, -0.15) is 0 Å². The summed E-state index contributed by atoms with van der Waals surface area (Å²) in [6.45, 7) is 4.72. The van der Waals surface area contributed by atoms with Gasteiger partial charge in [0.25, 0.3) is 0 Å². The lowest BCUT2D eigenvalue weighted by Gasteiger charge is -2.34. The number of hydrogen-bond donors (Lipinski definition) is 0. The second-order valence-electron chi connectivity index (χ2n) is 6.98. The fourth-order valence-electron chi connectivity index (χ4n) is 3.88. The summed E-state index contributed by atoms with van der Waals surface area (Å²) in [7, 11) is 1.71. The van der Waals surface area contributed by atoms with Crippen molar-refractivity contribution in [3.8, 4) is 11.5 Å². The SMILES string of the molecule is CCCOc1cccc(N2CCC(c3noc4ccccc34)CC2)c1OC. The number of benzene rings is 2. The van der Waals surface area contributed by atoms with Gasteiger partial charge in [0, 0.05) is 24.4 Å². The van der Waals surface area contributed by atoms with Gasteiger partial charge in [0.05, 0.1) is 25.1 Å². The summed E-state index contributed by atoms with van der Waals surface area (Å²) in [5.41, 5.74) is 3.07. The van der Waals surface area contributed by atoms with E-state index < -0.39 is 0 Å². The standard InChI is InChI=1S/C22H26N2O3/c1-3-15-26-20-10-6-8-18(22(20)25-2)24-13-11-16(12-14-24)21-17-7-4-5-9-19(17)27-23-21/h4-10,16H,3,11-15H2,1-2H3. The van der Waals surface area contributed by atoms with E-state index in [9.17, 15) is 0 Å². The molecule has 0 saturated carbocycles. The Hall–Kier alpha value is -2.69. The summed E-state index contributed by atoms with van der Waals surface area (Å²) in [6.07, 6.45) is 3.06. The van der Waals surface area contributed by atoms with Crippen LogP contribution in [0.3, 0.4) is 0 Å². The molecule has 1 aliphatic rings. The summed E-state index contributed by atoms with van der Waals surface area (Å²) in [5.74, 6) is 2.08. The first-order valence-electron chi connectivity index (χ1n) is 9.71. The van der Waals surface area contributed by atoms with Gasteiger partial charge in [-0.15, -0.1) is 0 Å². The summed E-state index contributed by atoms with van der Waals surface area (Å²) in [6, 6.07) is 14.2. The molecule has 1 aliphatic heterocycles. The van der Waals surface area contributed by atoms with Crippen LogP contribution in [0, 0.1) is 0 Å². The number of rotatable bonds is 6. The van der Waals surface area contributed by atoms with E-state index in [4.69, 9.17) is 14.0 Å². The number of hydrogen-bond acceptors (Lipinski definition) is 5. The van der Waals surface area contributed by atoms with Gasteiger partial charge in [-0.25, -0.2) is 0 Å². The van der Waals surface area contributed by atoms with Crippen molar-refractivity contribution in [2.24, 2.45) is 0 Å². The molecule has 1 aromatic heterocycles. The highest BCUT2D eigenvalue weighted by atomic mass is 16.5. The zero-order chi connectivity index (χ0) is 18.6. The van der Waals surface area contributed by atoms with E-state index in [0.29, 0.717) is 12.5 Å². The van der Waals surface area contributed by atoms with Crippen LogP contribution >= 0.6 is 0 Å². The van der Waals surface area contributed by atoms with Crippen LogP contribution in [0.2, 0.25) is 0 Å². The molecule has 4 rings (SSSR count). The minimum absolute atomic E-state index is 0.426. The van der Waals surface area contributed by atoms with E-state index in [1.807, 2.05) is 30.3 Å². The lowest BCUT2D eigenvalue weighted by atomic mass is 9.91. The number of anilines is 1. The maximum atomic E-state index is 5.86. The molecular formula is C22H26N2O3. The van der Waals surface area contributed by atoms with Crippen molar-refractivity contribution >= 4 is 16.7 Å². The molecule has 0 amide bonds. The van der Waals surface area contributed by atoms with E-state index in [-0.39, 0.29) is 0 Å². The van der Waals surface area contributed by atoms with Crippen LogP contribution in [0.25, 0.3) is 11.0 Å². The number of methoxy groups -OCH3 is 1. The fourth-order valence-corrected chi connectivity index (χ4v) is 3.88. The molecule has 0 spiro atoms. The van der Waals surface area contributed by atoms with Crippen molar-refractivity contribution in [2.45, 2.75) is 32.1 Å². The zero-order valence-corrected chi connectivity index (χ0v) is 16.0. The van der Waals surface area contributed by atoms with Crippen LogP contribution in [0.5, 0.6) is 11.5 Å². The molecule has 27 heavy (non-hydrogen) atoms. The van der Waals surface area contributed by atoms with Gasteiger partial charge in [-0.3, -0.25) is 0 Å². The summed E-state index contributed by atoms with van der Waals surface area (Å²) < 4.78 is 17.1. The third-order valence-corrected chi connectivity index (χ3v) is 5.25. The Bertz CT molecular complexity index is 897. The van der Waals surface area contributed by atoms with E-state index >= 15 is 0 Å². The van der Waals surface area contributed by atoms with Crippen molar-refractivity contribution in [3.63, 3.8) is 0 Å². The highest BCUT2D eigenvalue weighted by molar-refractivity contribution is 5.79. The second kappa shape index (κ2) is 7.91. The molecule has 3 aromatic rings. The maximum absolute atomic E-state index is 5.86. The maximum Gasteiger partial charge on any atom is 0.184 e. The van der Waals surface area contributed by atoms with Gasteiger partial charge in [-0.05, 0) is 43.5 Å². The third kappa shape index (κ3) is 3.46. The Balaban J connectivity index is 1.51. The Labute approximate surface area is 159 Å². The molecule has 0 atom stereocenters. The first-order chi connectivity index (χ1) is 13.3. The van der Waals surface area contributed by atoms with E-state index in [1.54, 1.807) is 7.11 Å². The molecule has 0 aliphatic carbocycles. The van der Waals surface area contributed by atoms with Crippen LogP contribution in [0.1, 0.15) is 37.8 Å². The first-order valence-corrected chi connectivity index (χ1v) is 9.71. The Morgan fingerprint density at radius 1 is 1.11 bits per heavy atom. The van der Waals surface area contributed by atoms with Crippen molar-refractivity contribution < 1.29 is 14.0 Å². The average Bonchev–Trinajstić information content (AvgIpc) is 3.16. The van der Waals surface area contributed by atoms with Crippen molar-refractivity contribution in [2.75, 3.05) is 31.7 Å². The van der Waals surface area contributed by atoms with Crippen LogP contribution in [0.4, 0.5) is 5.69 Å². The van der Waals surface area contributed by atoms with Crippen molar-refractivity contribution in [3.05, 3.63) is 48.2 Å². The normalized spacial score (nSPS) is 15.3. The predicted molar refractivity (Wildman–Crippen MR) is 107 cm³/mol. The highest BCUT2D eigenvalue weighted by Gasteiger charge is 2.27. The second-order valence-corrected chi connectivity index (χ2v) is 6.98. The first kappa shape index (κ1) is 17.7. The minimum atomic E-state index is 0.426. The summed E-state index contributed by atoms with van der Waals surface area (Å²) in [4.78, 5) is 2.39. The quantitative estimate of drug-likeness (QED) is 0.614. The number of nitrogens with zero attached hydrogens (tertiary/aromatic N) is 2. The predicted octanol–water partition coefficient (Wildman–Crippen LogP) is 5.01. The molecule has 142 valence electrons. The monoisotopic (exact) mass is 366 g/mol. The average molecular weight is 366 g/mol. The van der Waals surface area contributed by atoms with Crippen LogP contribution in [-0.2, 0) is 0 Å². The number of para-hydroxylation sites is 2. The molecule has 5 heteroatoms. The van der Waals surface area contributed by atoms with Gasteiger partial charge in [-0.1, -0.05) is 30.3 Å². The number of aromatic nitrogens is 1. The third-order valence-electron chi connectivity index (χ3n) is 5.25. The molecule has 1 saturated heterocycles. The van der Waals surface area contributed by atoms with Crippen LogP contribution in [-0.4, -0.2) is 32.0 Å². The number of fused-ring (bicyclic) bond motifs is 1. The number of piperidine rings is 1. The Morgan fingerprint density at radius 3 is 2.70 bits per heavy atom. The molecule has 0 radical (unpaired) electrons. The topological polar surface area (TPSA) is 47.7 Å². The molecule has 0 bridgehead atoms. The Morgan fingerprint density at radius 2 is 1.93 bits per heavy atom. The molecule has 1 fully saturated rings. The molecule has 2 heterocycles. The van der Waals surface area contributed by atoms with E-state index in [2.05, 4.69) is 29.1 Å². The lowest BCUT2D eigenvalue weighted by molar-refractivity contribution is 0.294. The molecule has 5 nitrogen and oxygen atoms in total. The Kier molecular flexibility index (Phi) is 5.19. The highest BCUT2D eigenvalue weighted by Crippen LogP contribution is 2.40.